The van der Waals surface area contributed by atoms with Crippen molar-refractivity contribution in [2.75, 3.05) is 20.2 Å². The molecule has 2 heterocycles. The molecule has 22 heavy (non-hydrogen) atoms. The minimum absolute atomic E-state index is 0.206. The van der Waals surface area contributed by atoms with E-state index in [9.17, 15) is 9.59 Å². The molecule has 0 aromatic carbocycles. The number of hydrogen-bond acceptors (Lipinski definition) is 5. The lowest BCUT2D eigenvalue weighted by atomic mass is 9.93. The third kappa shape index (κ3) is 3.74. The van der Waals surface area contributed by atoms with Gasteiger partial charge in [-0.15, -0.1) is 0 Å². The van der Waals surface area contributed by atoms with Crippen LogP contribution in [0.1, 0.15) is 35.3 Å². The fraction of sp³-hybridized carbons (Fsp3) is 0.467. The summed E-state index contributed by atoms with van der Waals surface area (Å²) in [6.07, 6.45) is 3.20. The Balaban J connectivity index is 1.96. The van der Waals surface area contributed by atoms with Crippen LogP contribution in [0.3, 0.4) is 0 Å². The van der Waals surface area contributed by atoms with Crippen LogP contribution < -0.4 is 0 Å². The number of carbonyl (C=O) groups excluding carboxylic acids is 2. The van der Waals surface area contributed by atoms with Crippen molar-refractivity contribution < 1.29 is 14.3 Å². The molecule has 0 atom stereocenters. The second kappa shape index (κ2) is 7.23. The van der Waals surface area contributed by atoms with Crippen LogP contribution >= 0.6 is 11.6 Å². The number of aromatic nitrogens is 1. The van der Waals surface area contributed by atoms with E-state index in [1.54, 1.807) is 4.90 Å². The molecule has 1 aromatic rings. The number of carbonyl (C=O) groups is 2. The fourth-order valence-corrected chi connectivity index (χ4v) is 2.65. The first-order chi connectivity index (χ1) is 10.5. The molecular weight excluding hydrogens is 306 g/mol. The second-order valence-electron chi connectivity index (χ2n) is 5.18. The van der Waals surface area contributed by atoms with E-state index in [4.69, 9.17) is 16.9 Å². The molecular formula is C15H16ClN3O3. The van der Waals surface area contributed by atoms with E-state index >= 15 is 0 Å². The Hall–Kier alpha value is -2.13. The first-order valence-electron chi connectivity index (χ1n) is 6.97. The van der Waals surface area contributed by atoms with Gasteiger partial charge in [-0.2, -0.15) is 5.26 Å². The van der Waals surface area contributed by atoms with Crippen molar-refractivity contribution in [2.45, 2.75) is 19.3 Å². The van der Waals surface area contributed by atoms with E-state index in [0.717, 1.165) is 12.8 Å². The molecule has 7 heteroatoms. The van der Waals surface area contributed by atoms with E-state index in [1.165, 1.54) is 19.4 Å². The third-order valence-corrected chi connectivity index (χ3v) is 4.09. The van der Waals surface area contributed by atoms with Gasteiger partial charge in [-0.25, -0.2) is 4.98 Å². The molecule has 1 aromatic heterocycles. The fourth-order valence-electron chi connectivity index (χ4n) is 2.45. The highest BCUT2D eigenvalue weighted by atomic mass is 35.5. The number of rotatable bonds is 3. The largest absolute Gasteiger partial charge is 0.469 e. The van der Waals surface area contributed by atoms with Crippen molar-refractivity contribution in [3.63, 3.8) is 0 Å². The average molecular weight is 322 g/mol. The standard InChI is InChI=1S/C15H16ClN3O3/c1-22-14(20)6-10-2-4-19(5-3-10)15(21)13-7-12(16)11(8-17)9-18-13/h7,9-10H,2-6H2,1H3. The normalized spacial score (nSPS) is 15.2. The molecule has 116 valence electrons. The molecule has 1 aliphatic heterocycles. The minimum Gasteiger partial charge on any atom is -0.469 e. The summed E-state index contributed by atoms with van der Waals surface area (Å²) < 4.78 is 4.66. The van der Waals surface area contributed by atoms with Gasteiger partial charge < -0.3 is 9.64 Å². The van der Waals surface area contributed by atoms with E-state index in [1.807, 2.05) is 6.07 Å². The lowest BCUT2D eigenvalue weighted by Gasteiger charge is -2.31. The molecule has 0 radical (unpaired) electrons. The summed E-state index contributed by atoms with van der Waals surface area (Å²) in [4.78, 5) is 29.3. The van der Waals surface area contributed by atoms with Gasteiger partial charge in [0.05, 0.1) is 17.7 Å². The zero-order valence-corrected chi connectivity index (χ0v) is 13.0. The van der Waals surface area contributed by atoms with Crippen molar-refractivity contribution >= 4 is 23.5 Å². The highest BCUT2D eigenvalue weighted by Crippen LogP contribution is 2.23. The lowest BCUT2D eigenvalue weighted by Crippen LogP contribution is -2.39. The van der Waals surface area contributed by atoms with Crippen LogP contribution in [0.2, 0.25) is 5.02 Å². The highest BCUT2D eigenvalue weighted by Gasteiger charge is 2.26. The van der Waals surface area contributed by atoms with Crippen molar-refractivity contribution in [3.8, 4) is 6.07 Å². The van der Waals surface area contributed by atoms with Crippen LogP contribution in [0.5, 0.6) is 0 Å². The van der Waals surface area contributed by atoms with E-state index in [2.05, 4.69) is 9.72 Å². The number of ether oxygens (including phenoxy) is 1. The number of nitriles is 1. The number of nitrogens with zero attached hydrogens (tertiary/aromatic N) is 3. The van der Waals surface area contributed by atoms with Crippen molar-refractivity contribution in [1.29, 1.82) is 5.26 Å². The maximum Gasteiger partial charge on any atom is 0.305 e. The summed E-state index contributed by atoms with van der Waals surface area (Å²) in [5, 5.41) is 9.03. The number of methoxy groups -OCH3 is 1. The molecule has 2 rings (SSSR count). The van der Waals surface area contributed by atoms with Gasteiger partial charge >= 0.3 is 5.97 Å². The Morgan fingerprint density at radius 3 is 2.73 bits per heavy atom. The van der Waals surface area contributed by atoms with Crippen LogP contribution in [0.25, 0.3) is 0 Å². The zero-order valence-electron chi connectivity index (χ0n) is 12.2. The first-order valence-corrected chi connectivity index (χ1v) is 7.34. The Morgan fingerprint density at radius 2 is 2.18 bits per heavy atom. The van der Waals surface area contributed by atoms with E-state index < -0.39 is 0 Å². The highest BCUT2D eigenvalue weighted by molar-refractivity contribution is 6.32. The number of likely N-dealkylation sites (tertiary alicyclic amines) is 1. The topological polar surface area (TPSA) is 83.3 Å². The van der Waals surface area contributed by atoms with Gasteiger partial charge in [-0.1, -0.05) is 11.6 Å². The summed E-state index contributed by atoms with van der Waals surface area (Å²) in [7, 11) is 1.38. The Labute approximate surface area is 133 Å². The molecule has 1 aliphatic rings. The molecule has 0 N–H and O–H groups in total. The predicted octanol–water partition coefficient (Wildman–Crippen LogP) is 2.02. The quantitative estimate of drug-likeness (QED) is 0.795. The van der Waals surface area contributed by atoms with E-state index in [-0.39, 0.29) is 34.1 Å². The van der Waals surface area contributed by atoms with Crippen molar-refractivity contribution in [2.24, 2.45) is 5.92 Å². The van der Waals surface area contributed by atoms with Crippen LogP contribution in [-0.4, -0.2) is 42.0 Å². The van der Waals surface area contributed by atoms with Gasteiger partial charge in [0.2, 0.25) is 0 Å². The van der Waals surface area contributed by atoms with Gasteiger partial charge in [-0.3, -0.25) is 9.59 Å². The number of esters is 1. The molecule has 1 saturated heterocycles. The minimum atomic E-state index is -0.217. The summed E-state index contributed by atoms with van der Waals surface area (Å²) in [5.74, 6) is -0.178. The molecule has 6 nitrogen and oxygen atoms in total. The number of amides is 1. The smallest absolute Gasteiger partial charge is 0.305 e. The van der Waals surface area contributed by atoms with Crippen LogP contribution in [0.15, 0.2) is 12.3 Å². The maximum atomic E-state index is 12.4. The lowest BCUT2D eigenvalue weighted by molar-refractivity contribution is -0.142. The van der Waals surface area contributed by atoms with Gasteiger partial charge in [0, 0.05) is 25.7 Å². The monoisotopic (exact) mass is 321 g/mol. The Bertz CT molecular complexity index is 619. The van der Waals surface area contributed by atoms with Gasteiger partial charge in [-0.05, 0) is 24.8 Å². The number of hydrogen-bond donors (Lipinski definition) is 0. The Kier molecular flexibility index (Phi) is 5.34. The number of halogens is 1. The first kappa shape index (κ1) is 16.2. The summed E-state index contributed by atoms with van der Waals surface area (Å²) >= 11 is 5.92. The molecule has 1 fully saturated rings. The van der Waals surface area contributed by atoms with Crippen LogP contribution in [0, 0.1) is 17.2 Å². The average Bonchev–Trinajstić information content (AvgIpc) is 2.54. The predicted molar refractivity (Wildman–Crippen MR) is 79.2 cm³/mol. The summed E-state index contributed by atoms with van der Waals surface area (Å²) in [6, 6.07) is 3.33. The maximum absolute atomic E-state index is 12.4. The summed E-state index contributed by atoms with van der Waals surface area (Å²) in [5.41, 5.74) is 0.477. The van der Waals surface area contributed by atoms with E-state index in [0.29, 0.717) is 19.5 Å². The zero-order chi connectivity index (χ0) is 16.1. The molecule has 0 aliphatic carbocycles. The SMILES string of the molecule is COC(=O)CC1CCN(C(=O)c2cc(Cl)c(C#N)cn2)CC1. The van der Waals surface area contributed by atoms with Crippen molar-refractivity contribution in [3.05, 3.63) is 28.5 Å². The number of pyridine rings is 1. The van der Waals surface area contributed by atoms with Gasteiger partial charge in [0.1, 0.15) is 11.8 Å². The Morgan fingerprint density at radius 1 is 1.50 bits per heavy atom. The molecule has 0 bridgehead atoms. The number of piperidine rings is 1. The van der Waals surface area contributed by atoms with Gasteiger partial charge in [0.25, 0.3) is 5.91 Å². The molecule has 0 saturated carbocycles. The second-order valence-corrected chi connectivity index (χ2v) is 5.58. The summed E-state index contributed by atoms with van der Waals surface area (Å²) in [6.45, 7) is 1.14. The van der Waals surface area contributed by atoms with Crippen molar-refractivity contribution in [1.82, 2.24) is 9.88 Å². The molecule has 0 unspecified atom stereocenters. The molecule has 0 spiro atoms. The third-order valence-electron chi connectivity index (χ3n) is 3.78. The molecule has 1 amide bonds. The van der Waals surface area contributed by atoms with Crippen LogP contribution in [-0.2, 0) is 9.53 Å². The van der Waals surface area contributed by atoms with Gasteiger partial charge in [0.15, 0.2) is 0 Å². The van der Waals surface area contributed by atoms with Crippen LogP contribution in [0.4, 0.5) is 0 Å².